The monoisotopic (exact) mass is 606 g/mol. The summed E-state index contributed by atoms with van der Waals surface area (Å²) in [6.07, 6.45) is 1.92. The number of benzene rings is 3. The summed E-state index contributed by atoms with van der Waals surface area (Å²) in [4.78, 5) is 32.5. The van der Waals surface area contributed by atoms with Gasteiger partial charge in [0.1, 0.15) is 6.04 Å². The zero-order chi connectivity index (χ0) is 30.2. The Morgan fingerprint density at radius 2 is 1.81 bits per heavy atom. The Labute approximate surface area is 256 Å². The molecule has 0 saturated carbocycles. The lowest BCUT2D eigenvalue weighted by atomic mass is 9.96. The molecule has 5 aromatic rings. The molecule has 2 aromatic heterocycles. The van der Waals surface area contributed by atoms with Gasteiger partial charge in [-0.25, -0.2) is 9.79 Å². The standard InChI is InChI=1S/C34H27ClN4O3S/c1-4-42-33(41)30-20(2)37-34-39(31(30)25-10-5-7-11-27(25)35)32(40)29(43-34)17-26-21(3)38(28-12-8-6-9-24(26)28)19-23-15-13-22(18-36)14-16-23/h5-17,31H,4,19H2,1-3H3/b29-17-/t31-/m0/s1. The van der Waals surface area contributed by atoms with E-state index in [-0.39, 0.29) is 12.2 Å². The Morgan fingerprint density at radius 3 is 2.53 bits per heavy atom. The fourth-order valence-electron chi connectivity index (χ4n) is 5.62. The topological polar surface area (TPSA) is 89.4 Å². The summed E-state index contributed by atoms with van der Waals surface area (Å²) in [7, 11) is 0. The van der Waals surface area contributed by atoms with Crippen LogP contribution in [-0.2, 0) is 16.1 Å². The number of hydrogen-bond donors (Lipinski definition) is 0. The number of ether oxygens (including phenoxy) is 1. The third kappa shape index (κ3) is 5.01. The number of allylic oxidation sites excluding steroid dienone is 1. The molecule has 0 fully saturated rings. The molecule has 1 atom stereocenters. The third-order valence-electron chi connectivity index (χ3n) is 7.70. The van der Waals surface area contributed by atoms with E-state index in [1.807, 2.05) is 67.6 Å². The first-order chi connectivity index (χ1) is 20.8. The molecule has 0 amide bonds. The number of esters is 1. The Kier molecular flexibility index (Phi) is 7.61. The van der Waals surface area contributed by atoms with Crippen LogP contribution in [0.5, 0.6) is 0 Å². The van der Waals surface area contributed by atoms with Gasteiger partial charge < -0.3 is 9.30 Å². The minimum Gasteiger partial charge on any atom is -0.463 e. The number of nitriles is 1. The first-order valence-electron chi connectivity index (χ1n) is 13.8. The number of thiazole rings is 1. The van der Waals surface area contributed by atoms with Crippen LogP contribution in [0.3, 0.4) is 0 Å². The molecule has 0 unspecified atom stereocenters. The first-order valence-corrected chi connectivity index (χ1v) is 15.0. The molecule has 1 aliphatic heterocycles. The summed E-state index contributed by atoms with van der Waals surface area (Å²) in [5.41, 5.74) is 5.82. The number of para-hydroxylation sites is 1. The highest BCUT2D eigenvalue weighted by Crippen LogP contribution is 2.34. The molecule has 0 bridgehead atoms. The second-order valence-corrected chi connectivity index (χ2v) is 11.7. The lowest BCUT2D eigenvalue weighted by molar-refractivity contribution is -0.139. The number of nitrogens with zero attached hydrogens (tertiary/aromatic N) is 4. The van der Waals surface area contributed by atoms with Gasteiger partial charge in [0.25, 0.3) is 5.56 Å². The molecular weight excluding hydrogens is 580 g/mol. The van der Waals surface area contributed by atoms with E-state index in [1.54, 1.807) is 24.5 Å². The van der Waals surface area contributed by atoms with Crippen LogP contribution >= 0.6 is 22.9 Å². The van der Waals surface area contributed by atoms with Crippen molar-refractivity contribution in [3.8, 4) is 6.07 Å². The van der Waals surface area contributed by atoms with Gasteiger partial charge >= 0.3 is 5.97 Å². The summed E-state index contributed by atoms with van der Waals surface area (Å²) in [5.74, 6) is -0.523. The molecule has 1 aliphatic rings. The van der Waals surface area contributed by atoms with E-state index in [9.17, 15) is 14.9 Å². The van der Waals surface area contributed by atoms with Crippen LogP contribution in [0.1, 0.15) is 47.8 Å². The van der Waals surface area contributed by atoms with Crippen molar-refractivity contribution >= 4 is 45.9 Å². The van der Waals surface area contributed by atoms with E-state index in [2.05, 4.69) is 27.8 Å². The smallest absolute Gasteiger partial charge is 0.338 e. The Bertz CT molecular complexity index is 2160. The van der Waals surface area contributed by atoms with Crippen LogP contribution in [0.4, 0.5) is 0 Å². The van der Waals surface area contributed by atoms with E-state index in [0.717, 1.165) is 27.7 Å². The van der Waals surface area contributed by atoms with E-state index >= 15 is 0 Å². The van der Waals surface area contributed by atoms with E-state index < -0.39 is 12.0 Å². The molecule has 6 rings (SSSR count). The van der Waals surface area contributed by atoms with Gasteiger partial charge in [-0.1, -0.05) is 71.5 Å². The number of aromatic nitrogens is 2. The molecule has 0 aliphatic carbocycles. The average Bonchev–Trinajstić information content (AvgIpc) is 3.45. The van der Waals surface area contributed by atoms with Crippen molar-refractivity contribution in [1.29, 1.82) is 5.26 Å². The number of halogens is 1. The van der Waals surface area contributed by atoms with Crippen molar-refractivity contribution in [2.45, 2.75) is 33.4 Å². The van der Waals surface area contributed by atoms with Gasteiger partial charge in [0, 0.05) is 33.7 Å². The van der Waals surface area contributed by atoms with Gasteiger partial charge in [0.2, 0.25) is 0 Å². The predicted octanol–water partition coefficient (Wildman–Crippen LogP) is 5.63. The number of fused-ring (bicyclic) bond motifs is 2. The van der Waals surface area contributed by atoms with E-state index in [1.165, 1.54) is 11.3 Å². The largest absolute Gasteiger partial charge is 0.463 e. The molecule has 3 heterocycles. The molecular formula is C34H27ClN4O3S. The average molecular weight is 607 g/mol. The number of rotatable bonds is 6. The Morgan fingerprint density at radius 1 is 1.09 bits per heavy atom. The molecule has 7 nitrogen and oxygen atoms in total. The molecule has 3 aromatic carbocycles. The summed E-state index contributed by atoms with van der Waals surface area (Å²) < 4.78 is 9.66. The molecule has 0 N–H and O–H groups in total. The normalized spacial score (nSPS) is 14.9. The molecule has 0 saturated heterocycles. The van der Waals surface area contributed by atoms with Crippen LogP contribution in [0.15, 0.2) is 93.9 Å². The maximum absolute atomic E-state index is 14.2. The quantitative estimate of drug-likeness (QED) is 0.234. The molecule has 214 valence electrons. The van der Waals surface area contributed by atoms with Crippen LogP contribution in [0.25, 0.3) is 17.0 Å². The highest BCUT2D eigenvalue weighted by molar-refractivity contribution is 7.07. The fraction of sp³-hybridized carbons (Fsp3) is 0.176. The molecule has 0 spiro atoms. The second kappa shape index (κ2) is 11.5. The van der Waals surface area contributed by atoms with Gasteiger partial charge in [-0.2, -0.15) is 5.26 Å². The van der Waals surface area contributed by atoms with Crippen molar-refractivity contribution < 1.29 is 9.53 Å². The van der Waals surface area contributed by atoms with Crippen LogP contribution < -0.4 is 14.9 Å². The van der Waals surface area contributed by atoms with Crippen molar-refractivity contribution in [2.24, 2.45) is 4.99 Å². The van der Waals surface area contributed by atoms with Crippen molar-refractivity contribution in [3.05, 3.63) is 137 Å². The maximum atomic E-state index is 14.2. The second-order valence-electron chi connectivity index (χ2n) is 10.2. The van der Waals surface area contributed by atoms with Gasteiger partial charge in [0.15, 0.2) is 4.80 Å². The third-order valence-corrected chi connectivity index (χ3v) is 9.02. The highest BCUT2D eigenvalue weighted by atomic mass is 35.5. The summed E-state index contributed by atoms with van der Waals surface area (Å²) in [6, 6.07) is 24.3. The summed E-state index contributed by atoms with van der Waals surface area (Å²) in [5, 5.41) is 10.6. The molecule has 9 heteroatoms. The van der Waals surface area contributed by atoms with Crippen molar-refractivity contribution in [1.82, 2.24) is 9.13 Å². The van der Waals surface area contributed by atoms with Crippen molar-refractivity contribution in [3.63, 3.8) is 0 Å². The van der Waals surface area contributed by atoms with Crippen molar-refractivity contribution in [2.75, 3.05) is 6.61 Å². The van der Waals surface area contributed by atoms with E-state index in [4.69, 9.17) is 16.3 Å². The zero-order valence-electron chi connectivity index (χ0n) is 23.8. The molecule has 43 heavy (non-hydrogen) atoms. The SMILES string of the molecule is CCOC(=O)C1=C(C)N=c2s/c(=C\c3c(C)n(Cc4ccc(C#N)cc4)c4ccccc34)c(=O)n2[C@H]1c1ccccc1Cl. The van der Waals surface area contributed by atoms with Gasteiger partial charge in [-0.05, 0) is 62.2 Å². The lowest BCUT2D eigenvalue weighted by Gasteiger charge is -2.25. The maximum Gasteiger partial charge on any atom is 0.338 e. The number of hydrogen-bond acceptors (Lipinski definition) is 6. The minimum atomic E-state index is -0.773. The minimum absolute atomic E-state index is 0.196. The van der Waals surface area contributed by atoms with E-state index in [0.29, 0.717) is 43.3 Å². The Hall–Kier alpha value is -4.71. The summed E-state index contributed by atoms with van der Waals surface area (Å²) >= 11 is 7.92. The molecule has 0 radical (unpaired) electrons. The number of carbonyl (C=O) groups excluding carboxylic acids is 1. The number of carbonyl (C=O) groups is 1. The first kappa shape index (κ1) is 28.4. The van der Waals surface area contributed by atoms with Crippen LogP contribution in [0, 0.1) is 18.3 Å². The Balaban J connectivity index is 1.54. The van der Waals surface area contributed by atoms with Crippen LogP contribution in [-0.4, -0.2) is 21.7 Å². The van der Waals surface area contributed by atoms with Gasteiger partial charge in [-0.3, -0.25) is 9.36 Å². The van der Waals surface area contributed by atoms with Gasteiger partial charge in [0.05, 0.1) is 34.0 Å². The summed E-state index contributed by atoms with van der Waals surface area (Å²) in [6.45, 7) is 6.35. The zero-order valence-corrected chi connectivity index (χ0v) is 25.4. The van der Waals surface area contributed by atoms with Crippen LogP contribution in [0.2, 0.25) is 5.02 Å². The van der Waals surface area contributed by atoms with Gasteiger partial charge in [-0.15, -0.1) is 0 Å². The predicted molar refractivity (Wildman–Crippen MR) is 169 cm³/mol. The highest BCUT2D eigenvalue weighted by Gasteiger charge is 2.34. The lowest BCUT2D eigenvalue weighted by Crippen LogP contribution is -2.40. The fourth-order valence-corrected chi connectivity index (χ4v) is 6.89.